The zero-order chi connectivity index (χ0) is 14.5. The maximum atomic E-state index is 12.4. The fraction of sp³-hybridized carbons (Fsp3) is 0.500. The average molecular weight is 343 g/mol. The van der Waals surface area contributed by atoms with Crippen LogP contribution in [0.1, 0.15) is 10.4 Å². The lowest BCUT2D eigenvalue weighted by atomic mass is 10.1. The van der Waals surface area contributed by atoms with Crippen LogP contribution < -0.4 is 14.8 Å². The number of nitrogens with zero attached hydrogens (tertiary/aromatic N) is 1. The molecule has 2 rings (SSSR count). The molecule has 1 fully saturated rings. The van der Waals surface area contributed by atoms with Gasteiger partial charge in [-0.2, -0.15) is 0 Å². The van der Waals surface area contributed by atoms with Gasteiger partial charge in [-0.15, -0.1) is 0 Å². The Balaban J connectivity index is 2.17. The Labute approximate surface area is 127 Å². The fourth-order valence-electron chi connectivity index (χ4n) is 2.24. The molecule has 110 valence electrons. The number of ether oxygens (including phenoxy) is 2. The Bertz CT molecular complexity index is 488. The van der Waals surface area contributed by atoms with Gasteiger partial charge >= 0.3 is 0 Å². The van der Waals surface area contributed by atoms with Crippen molar-refractivity contribution in [2.24, 2.45) is 0 Å². The van der Waals surface area contributed by atoms with E-state index in [9.17, 15) is 4.79 Å². The predicted octanol–water partition coefficient (Wildman–Crippen LogP) is 1.55. The first kappa shape index (κ1) is 15.3. The third kappa shape index (κ3) is 3.50. The quantitative estimate of drug-likeness (QED) is 0.823. The Kier molecular flexibility index (Phi) is 5.39. The number of rotatable bonds is 5. The molecular weight excluding hydrogens is 324 g/mol. The van der Waals surface area contributed by atoms with Crippen LogP contribution in [0, 0.1) is 0 Å². The van der Waals surface area contributed by atoms with Crippen molar-refractivity contribution in [2.75, 3.05) is 46.9 Å². The molecule has 0 aliphatic carbocycles. The van der Waals surface area contributed by atoms with E-state index in [2.05, 4.69) is 26.1 Å². The monoisotopic (exact) mass is 342 g/mol. The van der Waals surface area contributed by atoms with Crippen molar-refractivity contribution in [3.05, 3.63) is 22.2 Å². The highest BCUT2D eigenvalue weighted by Crippen LogP contribution is 2.33. The minimum Gasteiger partial charge on any atom is -0.496 e. The Morgan fingerprint density at radius 3 is 2.50 bits per heavy atom. The van der Waals surface area contributed by atoms with Gasteiger partial charge < -0.3 is 14.8 Å². The third-order valence-electron chi connectivity index (χ3n) is 3.35. The Morgan fingerprint density at radius 2 is 1.90 bits per heavy atom. The number of piperazine rings is 1. The Morgan fingerprint density at radius 1 is 1.25 bits per heavy atom. The number of methoxy groups -OCH3 is 2. The molecular formula is C14H19BrN2O3. The number of halogens is 1. The molecule has 1 N–H and O–H groups in total. The van der Waals surface area contributed by atoms with Gasteiger partial charge in [0.1, 0.15) is 11.5 Å². The molecule has 1 aromatic rings. The van der Waals surface area contributed by atoms with Crippen LogP contribution in [0.15, 0.2) is 16.6 Å². The van der Waals surface area contributed by atoms with Gasteiger partial charge in [0, 0.05) is 32.2 Å². The van der Waals surface area contributed by atoms with Crippen molar-refractivity contribution in [1.82, 2.24) is 10.2 Å². The standard InChI is InChI=1S/C14H19BrN2O3/c1-19-13-8-14(20-2)11(15)7-10(13)12(18)9-17-5-3-16-4-6-17/h7-8,16H,3-6,9H2,1-2H3. The molecule has 6 heteroatoms. The number of Topliss-reactive ketones (excluding diaryl/α,β-unsaturated/α-hetero) is 1. The van der Waals surface area contributed by atoms with Crippen molar-refractivity contribution in [3.63, 3.8) is 0 Å². The molecule has 1 aliphatic heterocycles. The highest BCUT2D eigenvalue weighted by molar-refractivity contribution is 9.10. The van der Waals surface area contributed by atoms with Gasteiger partial charge in [0.05, 0.1) is 30.8 Å². The largest absolute Gasteiger partial charge is 0.496 e. The lowest BCUT2D eigenvalue weighted by Crippen LogP contribution is -2.45. The summed E-state index contributed by atoms with van der Waals surface area (Å²) in [6.07, 6.45) is 0. The molecule has 0 radical (unpaired) electrons. The van der Waals surface area contributed by atoms with Crippen LogP contribution in [0.25, 0.3) is 0 Å². The van der Waals surface area contributed by atoms with Gasteiger partial charge in [0.15, 0.2) is 5.78 Å². The Hall–Kier alpha value is -1.11. The SMILES string of the molecule is COc1cc(OC)c(C(=O)CN2CCNCC2)cc1Br. The second-order valence-electron chi connectivity index (χ2n) is 4.64. The summed E-state index contributed by atoms with van der Waals surface area (Å²) in [5.41, 5.74) is 0.582. The molecule has 20 heavy (non-hydrogen) atoms. The van der Waals surface area contributed by atoms with E-state index in [1.807, 2.05) is 0 Å². The second kappa shape index (κ2) is 7.06. The molecule has 0 unspecified atom stereocenters. The molecule has 0 aromatic heterocycles. The number of ketones is 1. The lowest BCUT2D eigenvalue weighted by Gasteiger charge is -2.26. The average Bonchev–Trinajstić information content (AvgIpc) is 2.48. The zero-order valence-corrected chi connectivity index (χ0v) is 13.3. The first-order valence-electron chi connectivity index (χ1n) is 6.53. The van der Waals surface area contributed by atoms with Crippen LogP contribution in [0.5, 0.6) is 11.5 Å². The normalized spacial score (nSPS) is 15.9. The molecule has 1 aromatic carbocycles. The van der Waals surface area contributed by atoms with Crippen LogP contribution in [0.3, 0.4) is 0 Å². The molecule has 0 saturated carbocycles. The predicted molar refractivity (Wildman–Crippen MR) is 80.9 cm³/mol. The first-order valence-corrected chi connectivity index (χ1v) is 7.32. The van der Waals surface area contributed by atoms with Gasteiger partial charge in [0.25, 0.3) is 0 Å². The minimum atomic E-state index is 0.0621. The summed E-state index contributed by atoms with van der Waals surface area (Å²) in [6, 6.07) is 3.50. The number of nitrogens with one attached hydrogen (secondary N) is 1. The van der Waals surface area contributed by atoms with E-state index in [0.29, 0.717) is 23.6 Å². The van der Waals surface area contributed by atoms with Crippen molar-refractivity contribution in [2.45, 2.75) is 0 Å². The highest BCUT2D eigenvalue weighted by Gasteiger charge is 2.19. The fourth-order valence-corrected chi connectivity index (χ4v) is 2.74. The molecule has 5 nitrogen and oxygen atoms in total. The second-order valence-corrected chi connectivity index (χ2v) is 5.49. The van der Waals surface area contributed by atoms with Crippen molar-refractivity contribution in [3.8, 4) is 11.5 Å². The summed E-state index contributed by atoms with van der Waals surface area (Å²) in [7, 11) is 3.14. The van der Waals surface area contributed by atoms with Crippen molar-refractivity contribution >= 4 is 21.7 Å². The van der Waals surface area contributed by atoms with E-state index in [4.69, 9.17) is 9.47 Å². The minimum absolute atomic E-state index is 0.0621. The van der Waals surface area contributed by atoms with E-state index in [-0.39, 0.29) is 5.78 Å². The van der Waals surface area contributed by atoms with Gasteiger partial charge in [-0.1, -0.05) is 0 Å². The van der Waals surface area contributed by atoms with E-state index in [1.54, 1.807) is 26.4 Å². The summed E-state index contributed by atoms with van der Waals surface area (Å²) in [4.78, 5) is 14.6. The van der Waals surface area contributed by atoms with Crippen LogP contribution in [0.4, 0.5) is 0 Å². The lowest BCUT2D eigenvalue weighted by molar-refractivity contribution is 0.0918. The van der Waals surface area contributed by atoms with E-state index in [1.165, 1.54) is 0 Å². The summed E-state index contributed by atoms with van der Waals surface area (Å²) < 4.78 is 11.3. The van der Waals surface area contributed by atoms with Crippen molar-refractivity contribution in [1.29, 1.82) is 0 Å². The van der Waals surface area contributed by atoms with E-state index in [0.717, 1.165) is 30.7 Å². The maximum Gasteiger partial charge on any atom is 0.180 e. The first-order chi connectivity index (χ1) is 9.65. The number of carbonyl (C=O) groups is 1. The van der Waals surface area contributed by atoms with Gasteiger partial charge in [-0.3, -0.25) is 9.69 Å². The van der Waals surface area contributed by atoms with Gasteiger partial charge in [-0.05, 0) is 22.0 Å². The third-order valence-corrected chi connectivity index (χ3v) is 3.97. The molecule has 0 amide bonds. The van der Waals surface area contributed by atoms with Crippen molar-refractivity contribution < 1.29 is 14.3 Å². The van der Waals surface area contributed by atoms with Gasteiger partial charge in [-0.25, -0.2) is 0 Å². The molecule has 0 spiro atoms. The number of hydrogen-bond acceptors (Lipinski definition) is 5. The molecule has 0 bridgehead atoms. The summed E-state index contributed by atoms with van der Waals surface area (Å²) in [6.45, 7) is 4.06. The maximum absolute atomic E-state index is 12.4. The topological polar surface area (TPSA) is 50.8 Å². The summed E-state index contributed by atoms with van der Waals surface area (Å²) >= 11 is 3.41. The number of carbonyl (C=O) groups excluding carboxylic acids is 1. The van der Waals surface area contributed by atoms with Crippen LogP contribution in [0.2, 0.25) is 0 Å². The summed E-state index contributed by atoms with van der Waals surface area (Å²) in [5, 5.41) is 3.27. The smallest absolute Gasteiger partial charge is 0.180 e. The summed E-state index contributed by atoms with van der Waals surface area (Å²) in [5.74, 6) is 1.26. The van der Waals surface area contributed by atoms with Crippen LogP contribution >= 0.6 is 15.9 Å². The molecule has 1 saturated heterocycles. The number of hydrogen-bond donors (Lipinski definition) is 1. The van der Waals surface area contributed by atoms with Crippen LogP contribution in [-0.4, -0.2) is 57.6 Å². The molecule has 1 aliphatic rings. The number of benzene rings is 1. The molecule has 0 atom stereocenters. The van der Waals surface area contributed by atoms with Crippen LogP contribution in [-0.2, 0) is 0 Å². The molecule has 1 heterocycles. The zero-order valence-electron chi connectivity index (χ0n) is 11.7. The van der Waals surface area contributed by atoms with Gasteiger partial charge in [0.2, 0.25) is 0 Å². The highest BCUT2D eigenvalue weighted by atomic mass is 79.9. The van der Waals surface area contributed by atoms with E-state index < -0.39 is 0 Å². The van der Waals surface area contributed by atoms with E-state index >= 15 is 0 Å².